The van der Waals surface area contributed by atoms with E-state index in [0.29, 0.717) is 13.0 Å². The maximum Gasteiger partial charge on any atom is 0.316 e. The second-order valence-corrected chi connectivity index (χ2v) is 7.18. The van der Waals surface area contributed by atoms with E-state index >= 15 is 0 Å². The van der Waals surface area contributed by atoms with E-state index in [1.165, 1.54) is 11.8 Å². The molecule has 144 valence electrons. The predicted octanol–water partition coefficient (Wildman–Crippen LogP) is 3.31. The lowest BCUT2D eigenvalue weighted by molar-refractivity contribution is -0.145. The lowest BCUT2D eigenvalue weighted by Crippen LogP contribution is -2.30. The van der Waals surface area contributed by atoms with Gasteiger partial charge in [-0.1, -0.05) is 29.8 Å². The molecule has 0 spiro atoms. The van der Waals surface area contributed by atoms with Gasteiger partial charge in [0, 0.05) is 11.4 Å². The molecule has 0 heterocycles. The number of methoxy groups -OCH3 is 1. The zero-order valence-corrected chi connectivity index (χ0v) is 16.7. The molecule has 0 radical (unpaired) electrons. The highest BCUT2D eigenvalue weighted by atomic mass is 32.2. The van der Waals surface area contributed by atoms with E-state index in [9.17, 15) is 9.59 Å². The number of ether oxygens (including phenoxy) is 2. The average Bonchev–Trinajstić information content (AvgIpc) is 2.67. The Kier molecular flexibility index (Phi) is 8.20. The third kappa shape index (κ3) is 7.35. The summed E-state index contributed by atoms with van der Waals surface area (Å²) in [5.74, 6) is 0.289. The van der Waals surface area contributed by atoms with Gasteiger partial charge in [0.25, 0.3) is 5.91 Å². The molecule has 2 rings (SSSR count). The Hall–Kier alpha value is -2.47. The summed E-state index contributed by atoms with van der Waals surface area (Å²) in [4.78, 5) is 24.7. The Morgan fingerprint density at radius 2 is 1.81 bits per heavy atom. The maximum absolute atomic E-state index is 11.8. The zero-order valence-electron chi connectivity index (χ0n) is 15.9. The molecular formula is C21H25NO4S. The van der Waals surface area contributed by atoms with Crippen molar-refractivity contribution in [1.82, 2.24) is 5.32 Å². The molecule has 1 amide bonds. The highest BCUT2D eigenvalue weighted by molar-refractivity contribution is 8.00. The minimum absolute atomic E-state index is 0.184. The minimum Gasteiger partial charge on any atom is -0.497 e. The van der Waals surface area contributed by atoms with Crippen LogP contribution >= 0.6 is 11.8 Å². The summed E-state index contributed by atoms with van der Waals surface area (Å²) in [6.07, 6.45) is 0.701. The molecule has 0 atom stereocenters. The normalized spacial score (nSPS) is 10.3. The van der Waals surface area contributed by atoms with Gasteiger partial charge in [-0.25, -0.2) is 0 Å². The largest absolute Gasteiger partial charge is 0.497 e. The zero-order chi connectivity index (χ0) is 19.6. The highest BCUT2D eigenvalue weighted by Crippen LogP contribution is 2.23. The average molecular weight is 388 g/mol. The highest BCUT2D eigenvalue weighted by Gasteiger charge is 2.09. The number of carbonyl (C=O) groups excluding carboxylic acids is 2. The van der Waals surface area contributed by atoms with Crippen molar-refractivity contribution in [3.8, 4) is 5.75 Å². The molecule has 0 aliphatic carbocycles. The number of nitrogens with one attached hydrogen (secondary N) is 1. The first-order chi connectivity index (χ1) is 13.0. The third-order valence-corrected chi connectivity index (χ3v) is 5.08. The van der Waals surface area contributed by atoms with E-state index in [2.05, 4.69) is 5.32 Å². The molecule has 2 aromatic rings. The molecule has 0 aliphatic heterocycles. The molecule has 0 aromatic heterocycles. The molecule has 5 nitrogen and oxygen atoms in total. The summed E-state index contributed by atoms with van der Waals surface area (Å²) in [7, 11) is 1.62. The molecule has 0 fully saturated rings. The summed E-state index contributed by atoms with van der Waals surface area (Å²) in [6, 6.07) is 13.8. The Balaban J connectivity index is 1.64. The van der Waals surface area contributed by atoms with Crippen LogP contribution in [-0.2, 0) is 20.7 Å². The number of hydrogen-bond donors (Lipinski definition) is 1. The lowest BCUT2D eigenvalue weighted by atomic mass is 10.1. The van der Waals surface area contributed by atoms with Gasteiger partial charge >= 0.3 is 5.97 Å². The van der Waals surface area contributed by atoms with Gasteiger partial charge in [-0.2, -0.15) is 0 Å². The summed E-state index contributed by atoms with van der Waals surface area (Å²) < 4.78 is 10.1. The summed E-state index contributed by atoms with van der Waals surface area (Å²) in [5, 5.41) is 2.75. The maximum atomic E-state index is 11.8. The number of aryl methyl sites for hydroxylation is 2. The van der Waals surface area contributed by atoms with Gasteiger partial charge in [0.1, 0.15) is 5.75 Å². The lowest BCUT2D eigenvalue weighted by Gasteiger charge is -2.08. The summed E-state index contributed by atoms with van der Waals surface area (Å²) in [6.45, 7) is 4.25. The second-order valence-electron chi connectivity index (χ2n) is 6.17. The number of benzene rings is 2. The molecular weight excluding hydrogens is 362 g/mol. The van der Waals surface area contributed by atoms with Gasteiger partial charge in [0.05, 0.1) is 12.9 Å². The fourth-order valence-electron chi connectivity index (χ4n) is 2.38. The Morgan fingerprint density at radius 1 is 1.07 bits per heavy atom. The molecule has 0 bridgehead atoms. The molecule has 0 unspecified atom stereocenters. The number of amides is 1. The van der Waals surface area contributed by atoms with E-state index in [1.54, 1.807) is 7.11 Å². The summed E-state index contributed by atoms with van der Waals surface area (Å²) in [5.41, 5.74) is 3.36. The van der Waals surface area contributed by atoms with Gasteiger partial charge in [0.15, 0.2) is 6.61 Å². The van der Waals surface area contributed by atoms with Crippen molar-refractivity contribution >= 4 is 23.6 Å². The molecule has 27 heavy (non-hydrogen) atoms. The SMILES string of the molecule is COc1ccc(CCNC(=O)COC(=O)CSc2cc(C)ccc2C)cc1. The van der Waals surface area contributed by atoms with Crippen LogP contribution in [0, 0.1) is 13.8 Å². The van der Waals surface area contributed by atoms with Crippen molar-refractivity contribution in [3.63, 3.8) is 0 Å². The van der Waals surface area contributed by atoms with Gasteiger partial charge in [0.2, 0.25) is 0 Å². The van der Waals surface area contributed by atoms with E-state index in [1.807, 2.05) is 56.3 Å². The van der Waals surface area contributed by atoms with Crippen LogP contribution in [0.25, 0.3) is 0 Å². The smallest absolute Gasteiger partial charge is 0.316 e. The Morgan fingerprint density at radius 3 is 2.52 bits per heavy atom. The number of esters is 1. The molecule has 1 N–H and O–H groups in total. The molecule has 2 aromatic carbocycles. The first kappa shape index (κ1) is 20.8. The molecule has 0 aliphatic rings. The van der Waals surface area contributed by atoms with Crippen molar-refractivity contribution < 1.29 is 19.1 Å². The molecule has 0 saturated heterocycles. The first-order valence-electron chi connectivity index (χ1n) is 8.73. The molecule has 6 heteroatoms. The van der Waals surface area contributed by atoms with Crippen LogP contribution < -0.4 is 10.1 Å². The number of hydrogen-bond acceptors (Lipinski definition) is 5. The third-order valence-electron chi connectivity index (χ3n) is 3.95. The Bertz CT molecular complexity index is 774. The number of carbonyl (C=O) groups is 2. The van der Waals surface area contributed by atoms with Crippen LogP contribution in [0.1, 0.15) is 16.7 Å². The van der Waals surface area contributed by atoms with Gasteiger partial charge < -0.3 is 14.8 Å². The van der Waals surface area contributed by atoms with Gasteiger partial charge in [-0.15, -0.1) is 11.8 Å². The number of thioether (sulfide) groups is 1. The van der Waals surface area contributed by atoms with E-state index < -0.39 is 5.97 Å². The van der Waals surface area contributed by atoms with Crippen molar-refractivity contribution in [1.29, 1.82) is 0 Å². The Labute approximate surface area is 164 Å². The van der Waals surface area contributed by atoms with Crippen LogP contribution in [0.3, 0.4) is 0 Å². The van der Waals surface area contributed by atoms with E-state index in [0.717, 1.165) is 27.3 Å². The van der Waals surface area contributed by atoms with Crippen molar-refractivity contribution in [3.05, 3.63) is 59.2 Å². The summed E-state index contributed by atoms with van der Waals surface area (Å²) >= 11 is 1.42. The predicted molar refractivity (Wildman–Crippen MR) is 107 cm³/mol. The monoisotopic (exact) mass is 387 g/mol. The van der Waals surface area contributed by atoms with Crippen LogP contribution in [-0.4, -0.2) is 37.9 Å². The van der Waals surface area contributed by atoms with E-state index in [-0.39, 0.29) is 18.3 Å². The van der Waals surface area contributed by atoms with Crippen molar-refractivity contribution in [2.24, 2.45) is 0 Å². The molecule has 0 saturated carbocycles. The minimum atomic E-state index is -0.397. The van der Waals surface area contributed by atoms with Crippen LogP contribution in [0.5, 0.6) is 5.75 Å². The standard InChI is InChI=1S/C21H25NO4S/c1-15-4-5-16(2)19(12-15)27-14-21(24)26-13-20(23)22-11-10-17-6-8-18(25-3)9-7-17/h4-9,12H,10-11,13-14H2,1-3H3,(H,22,23). The first-order valence-corrected chi connectivity index (χ1v) is 9.72. The van der Waals surface area contributed by atoms with Crippen molar-refractivity contribution in [2.45, 2.75) is 25.2 Å². The van der Waals surface area contributed by atoms with Crippen molar-refractivity contribution in [2.75, 3.05) is 26.0 Å². The van der Waals surface area contributed by atoms with Gasteiger partial charge in [-0.3, -0.25) is 9.59 Å². The van der Waals surface area contributed by atoms with Crippen LogP contribution in [0.2, 0.25) is 0 Å². The fourth-order valence-corrected chi connectivity index (χ4v) is 3.30. The topological polar surface area (TPSA) is 64.6 Å². The van der Waals surface area contributed by atoms with Crippen LogP contribution in [0.4, 0.5) is 0 Å². The fraction of sp³-hybridized carbons (Fsp3) is 0.333. The quantitative estimate of drug-likeness (QED) is 0.528. The van der Waals surface area contributed by atoms with E-state index in [4.69, 9.17) is 9.47 Å². The van der Waals surface area contributed by atoms with Crippen LogP contribution in [0.15, 0.2) is 47.4 Å². The second kappa shape index (κ2) is 10.6. The van der Waals surface area contributed by atoms with Gasteiger partial charge in [-0.05, 0) is 49.6 Å². The number of rotatable bonds is 9.